The van der Waals surface area contributed by atoms with E-state index in [-0.39, 0.29) is 23.8 Å². The summed E-state index contributed by atoms with van der Waals surface area (Å²) in [7, 11) is 0. The van der Waals surface area contributed by atoms with Gasteiger partial charge in [-0.2, -0.15) is 5.26 Å². The summed E-state index contributed by atoms with van der Waals surface area (Å²) in [5.41, 5.74) is 4.70. The van der Waals surface area contributed by atoms with Crippen LogP contribution in [0.2, 0.25) is 0 Å². The Kier molecular flexibility index (Phi) is 6.86. The van der Waals surface area contributed by atoms with Crippen LogP contribution in [0.25, 0.3) is 0 Å². The van der Waals surface area contributed by atoms with Gasteiger partial charge in [0, 0.05) is 23.6 Å². The first-order valence-corrected chi connectivity index (χ1v) is 11.3. The molecular formula is C23H26N4O3S. The first kappa shape index (κ1) is 22.6. The molecule has 1 aliphatic heterocycles. The number of carbonyl (C=O) groups excluding carboxylic acids is 2. The Morgan fingerprint density at radius 3 is 2.68 bits per heavy atom. The van der Waals surface area contributed by atoms with Crippen LogP contribution >= 0.6 is 11.8 Å². The summed E-state index contributed by atoms with van der Waals surface area (Å²) in [4.78, 5) is 42.0. The Balaban J connectivity index is 1.69. The molecule has 162 valence electrons. The largest absolute Gasteiger partial charge is 0.325 e. The number of thioether (sulfide) groups is 1. The van der Waals surface area contributed by atoms with E-state index in [9.17, 15) is 19.6 Å². The van der Waals surface area contributed by atoms with E-state index in [0.29, 0.717) is 29.3 Å². The maximum absolute atomic E-state index is 12.9. The van der Waals surface area contributed by atoms with E-state index in [1.165, 1.54) is 0 Å². The highest BCUT2D eigenvalue weighted by Gasteiger charge is 2.34. The van der Waals surface area contributed by atoms with E-state index in [1.807, 2.05) is 38.1 Å². The predicted octanol–water partition coefficient (Wildman–Crippen LogP) is 2.95. The number of nitrogens with zero attached hydrogens (tertiary/aromatic N) is 2. The summed E-state index contributed by atoms with van der Waals surface area (Å²) in [5.74, 6) is 0.715. The quantitative estimate of drug-likeness (QED) is 0.747. The summed E-state index contributed by atoms with van der Waals surface area (Å²) >= 11 is 1.55. The van der Waals surface area contributed by atoms with E-state index in [4.69, 9.17) is 0 Å². The van der Waals surface area contributed by atoms with Crippen molar-refractivity contribution in [3.05, 3.63) is 62.1 Å². The van der Waals surface area contributed by atoms with Crippen LogP contribution in [0.3, 0.4) is 0 Å². The lowest BCUT2D eigenvalue weighted by Gasteiger charge is -2.23. The molecule has 8 heteroatoms. The number of nitrogens with one attached hydrogen (secondary N) is 2. The average Bonchev–Trinajstić information content (AvgIpc) is 3.20. The van der Waals surface area contributed by atoms with Gasteiger partial charge in [-0.05, 0) is 68.5 Å². The molecule has 1 saturated heterocycles. The summed E-state index contributed by atoms with van der Waals surface area (Å²) < 4.78 is 0. The number of aromatic amines is 1. The highest BCUT2D eigenvalue weighted by atomic mass is 32.2. The third-order valence-corrected chi connectivity index (χ3v) is 6.80. The molecule has 2 N–H and O–H groups in total. The molecular weight excluding hydrogens is 412 g/mol. The van der Waals surface area contributed by atoms with Gasteiger partial charge in [0.2, 0.25) is 11.8 Å². The topological polar surface area (TPSA) is 106 Å². The highest BCUT2D eigenvalue weighted by molar-refractivity contribution is 7.99. The molecule has 2 heterocycles. The molecule has 0 bridgehead atoms. The van der Waals surface area contributed by atoms with Gasteiger partial charge in [-0.1, -0.05) is 6.07 Å². The maximum atomic E-state index is 12.9. The Morgan fingerprint density at radius 1 is 1.26 bits per heavy atom. The summed E-state index contributed by atoms with van der Waals surface area (Å²) in [6.45, 7) is 7.50. The van der Waals surface area contributed by atoms with Gasteiger partial charge >= 0.3 is 0 Å². The van der Waals surface area contributed by atoms with Crippen LogP contribution in [0.1, 0.15) is 39.9 Å². The Bertz CT molecular complexity index is 1130. The Labute approximate surface area is 185 Å². The number of rotatable bonds is 5. The van der Waals surface area contributed by atoms with E-state index in [0.717, 1.165) is 22.4 Å². The number of benzene rings is 1. The number of pyridine rings is 1. The smallest absolute Gasteiger partial charge is 0.266 e. The molecule has 1 aromatic carbocycles. The minimum Gasteiger partial charge on any atom is -0.325 e. The average molecular weight is 439 g/mol. The lowest BCUT2D eigenvalue weighted by molar-refractivity contribution is -0.136. The number of nitriles is 1. The zero-order valence-corrected chi connectivity index (χ0v) is 19.0. The maximum Gasteiger partial charge on any atom is 0.266 e. The van der Waals surface area contributed by atoms with Crippen molar-refractivity contribution in [2.45, 2.75) is 46.6 Å². The molecule has 2 amide bonds. The van der Waals surface area contributed by atoms with Crippen molar-refractivity contribution >= 4 is 29.3 Å². The Hall–Kier alpha value is -3.05. The van der Waals surface area contributed by atoms with Crippen molar-refractivity contribution in [1.82, 2.24) is 9.88 Å². The second kappa shape index (κ2) is 9.40. The summed E-state index contributed by atoms with van der Waals surface area (Å²) in [5, 5.41) is 12.1. The lowest BCUT2D eigenvalue weighted by atomic mass is 9.99. The molecule has 0 saturated carbocycles. The van der Waals surface area contributed by atoms with Gasteiger partial charge in [0.1, 0.15) is 17.7 Å². The molecule has 1 aliphatic rings. The van der Waals surface area contributed by atoms with Crippen molar-refractivity contribution in [2.24, 2.45) is 0 Å². The number of H-pyrrole nitrogens is 1. The normalized spacial score (nSPS) is 15.6. The van der Waals surface area contributed by atoms with Gasteiger partial charge in [0.05, 0.1) is 5.88 Å². The van der Waals surface area contributed by atoms with Gasteiger partial charge in [-0.15, -0.1) is 11.8 Å². The molecule has 0 spiro atoms. The number of hydrogen-bond acceptors (Lipinski definition) is 5. The number of hydrogen-bond donors (Lipinski definition) is 2. The van der Waals surface area contributed by atoms with Gasteiger partial charge in [-0.3, -0.25) is 14.4 Å². The van der Waals surface area contributed by atoms with Gasteiger partial charge in [0.15, 0.2) is 0 Å². The van der Waals surface area contributed by atoms with E-state index < -0.39 is 11.6 Å². The molecule has 0 radical (unpaired) electrons. The molecule has 31 heavy (non-hydrogen) atoms. The minimum absolute atomic E-state index is 0.0791. The number of aromatic nitrogens is 1. The second-order valence-electron chi connectivity index (χ2n) is 7.84. The van der Waals surface area contributed by atoms with Crippen molar-refractivity contribution in [1.29, 1.82) is 5.26 Å². The van der Waals surface area contributed by atoms with Crippen molar-refractivity contribution in [3.8, 4) is 6.07 Å². The molecule has 0 aliphatic carbocycles. The minimum atomic E-state index is -0.522. The van der Waals surface area contributed by atoms with Crippen LogP contribution in [-0.2, 0) is 16.0 Å². The standard InChI is InChI=1S/C23H26N4O3S/c1-13-5-6-17(9-14(13)2)26-23(30)20-11-31-12-27(20)21(28)8-7-18-15(3)19(10-24)22(29)25-16(18)4/h5-6,9,20H,7-8,11-12H2,1-4H3,(H,25,29)(H,26,30). The fraction of sp³-hybridized carbons (Fsp3) is 0.391. The first-order chi connectivity index (χ1) is 14.7. The molecule has 1 aromatic heterocycles. The first-order valence-electron chi connectivity index (χ1n) is 10.1. The van der Waals surface area contributed by atoms with Crippen LogP contribution in [0.15, 0.2) is 23.0 Å². The molecule has 1 atom stereocenters. The van der Waals surface area contributed by atoms with Crippen LogP contribution in [0.4, 0.5) is 5.69 Å². The third kappa shape index (κ3) is 4.83. The van der Waals surface area contributed by atoms with Crippen LogP contribution in [0, 0.1) is 39.0 Å². The van der Waals surface area contributed by atoms with Crippen LogP contribution in [-0.4, -0.2) is 39.4 Å². The molecule has 1 fully saturated rings. The van der Waals surface area contributed by atoms with Crippen LogP contribution in [0.5, 0.6) is 0 Å². The fourth-order valence-corrected chi connectivity index (χ4v) is 4.93. The van der Waals surface area contributed by atoms with Crippen molar-refractivity contribution in [3.63, 3.8) is 0 Å². The zero-order valence-electron chi connectivity index (χ0n) is 18.2. The van der Waals surface area contributed by atoms with Crippen molar-refractivity contribution in [2.75, 3.05) is 16.9 Å². The number of aryl methyl sites for hydroxylation is 3. The SMILES string of the molecule is Cc1ccc(NC(=O)C2CSCN2C(=O)CCc2c(C)[nH]c(=O)c(C#N)c2C)cc1C. The molecule has 3 rings (SSSR count). The zero-order chi connectivity index (χ0) is 22.7. The van der Waals surface area contributed by atoms with Crippen LogP contribution < -0.4 is 10.9 Å². The van der Waals surface area contributed by atoms with Gasteiger partial charge in [0.25, 0.3) is 5.56 Å². The summed E-state index contributed by atoms with van der Waals surface area (Å²) in [6.07, 6.45) is 0.598. The third-order valence-electron chi connectivity index (χ3n) is 5.79. The van der Waals surface area contributed by atoms with E-state index in [1.54, 1.807) is 30.5 Å². The monoisotopic (exact) mass is 438 g/mol. The molecule has 2 aromatic rings. The predicted molar refractivity (Wildman–Crippen MR) is 122 cm³/mol. The number of carbonyl (C=O) groups is 2. The lowest BCUT2D eigenvalue weighted by Crippen LogP contribution is -2.44. The second-order valence-corrected chi connectivity index (χ2v) is 8.84. The fourth-order valence-electron chi connectivity index (χ4n) is 3.75. The Morgan fingerprint density at radius 2 is 2.00 bits per heavy atom. The van der Waals surface area contributed by atoms with Gasteiger partial charge in [-0.25, -0.2) is 0 Å². The van der Waals surface area contributed by atoms with Crippen molar-refractivity contribution < 1.29 is 9.59 Å². The molecule has 7 nitrogen and oxygen atoms in total. The van der Waals surface area contributed by atoms with Gasteiger partial charge < -0.3 is 15.2 Å². The molecule has 1 unspecified atom stereocenters. The number of anilines is 1. The summed E-state index contributed by atoms with van der Waals surface area (Å²) in [6, 6.07) is 7.16. The van der Waals surface area contributed by atoms with E-state index >= 15 is 0 Å². The van der Waals surface area contributed by atoms with E-state index in [2.05, 4.69) is 10.3 Å². The number of amides is 2. The highest BCUT2D eigenvalue weighted by Crippen LogP contribution is 2.25.